The zero-order chi connectivity index (χ0) is 9.97. The third-order valence-electron chi connectivity index (χ3n) is 2.12. The number of hydrogen-bond donors (Lipinski definition) is 1. The van der Waals surface area contributed by atoms with Crippen LogP contribution in [0.1, 0.15) is 12.0 Å². The number of benzene rings is 1. The first kappa shape index (κ1) is 9.21. The highest BCUT2D eigenvalue weighted by Crippen LogP contribution is 2.14. The zero-order valence-electron chi connectivity index (χ0n) is 7.40. The van der Waals surface area contributed by atoms with Gasteiger partial charge in [0.15, 0.2) is 0 Å². The first-order valence-electron chi connectivity index (χ1n) is 4.33. The molecule has 0 amide bonds. The molecule has 1 aliphatic heterocycles. The van der Waals surface area contributed by atoms with E-state index in [0.717, 1.165) is 17.6 Å². The average molecular weight is 209 g/mol. The SMILES string of the molecule is O=CC1CC(c2ccc(Cl)cc2)=NN1. The molecular weight excluding hydrogens is 200 g/mol. The number of rotatable bonds is 2. The quantitative estimate of drug-likeness (QED) is 0.751. The predicted octanol–water partition coefficient (Wildman–Crippen LogP) is 1.60. The molecule has 2 rings (SSSR count). The molecule has 0 aliphatic carbocycles. The summed E-state index contributed by atoms with van der Waals surface area (Å²) in [7, 11) is 0. The van der Waals surface area contributed by atoms with Crippen molar-refractivity contribution in [1.29, 1.82) is 0 Å². The number of nitrogens with one attached hydrogen (secondary N) is 1. The molecule has 0 aromatic heterocycles. The van der Waals surface area contributed by atoms with Gasteiger partial charge in [-0.05, 0) is 17.7 Å². The van der Waals surface area contributed by atoms with E-state index in [9.17, 15) is 4.79 Å². The summed E-state index contributed by atoms with van der Waals surface area (Å²) in [5, 5.41) is 4.78. The molecule has 3 nitrogen and oxygen atoms in total. The predicted molar refractivity (Wildman–Crippen MR) is 55.6 cm³/mol. The third-order valence-corrected chi connectivity index (χ3v) is 2.37. The number of hydrogen-bond acceptors (Lipinski definition) is 3. The molecule has 0 fully saturated rings. The summed E-state index contributed by atoms with van der Waals surface area (Å²) in [6.07, 6.45) is 1.51. The van der Waals surface area contributed by atoms with Gasteiger partial charge in [-0.2, -0.15) is 5.10 Å². The van der Waals surface area contributed by atoms with Crippen molar-refractivity contribution in [3.63, 3.8) is 0 Å². The second kappa shape index (κ2) is 3.80. The van der Waals surface area contributed by atoms with Gasteiger partial charge < -0.3 is 4.79 Å². The highest BCUT2D eigenvalue weighted by Gasteiger charge is 2.18. The van der Waals surface area contributed by atoms with Crippen molar-refractivity contribution in [2.45, 2.75) is 12.5 Å². The van der Waals surface area contributed by atoms with E-state index in [2.05, 4.69) is 10.5 Å². The van der Waals surface area contributed by atoms with Crippen molar-refractivity contribution >= 4 is 23.6 Å². The van der Waals surface area contributed by atoms with Crippen LogP contribution in [-0.4, -0.2) is 18.0 Å². The minimum Gasteiger partial charge on any atom is -0.301 e. The van der Waals surface area contributed by atoms with E-state index in [-0.39, 0.29) is 6.04 Å². The van der Waals surface area contributed by atoms with E-state index in [1.807, 2.05) is 24.3 Å². The largest absolute Gasteiger partial charge is 0.301 e. The highest BCUT2D eigenvalue weighted by atomic mass is 35.5. The van der Waals surface area contributed by atoms with Crippen molar-refractivity contribution in [1.82, 2.24) is 5.43 Å². The van der Waals surface area contributed by atoms with Gasteiger partial charge in [0.05, 0.1) is 5.71 Å². The average Bonchev–Trinajstić information content (AvgIpc) is 2.67. The van der Waals surface area contributed by atoms with Gasteiger partial charge in [0.2, 0.25) is 0 Å². The topological polar surface area (TPSA) is 41.5 Å². The van der Waals surface area contributed by atoms with Crippen LogP contribution >= 0.6 is 11.6 Å². The van der Waals surface area contributed by atoms with Crippen LogP contribution < -0.4 is 5.43 Å². The van der Waals surface area contributed by atoms with Gasteiger partial charge in [-0.25, -0.2) is 0 Å². The summed E-state index contributed by atoms with van der Waals surface area (Å²) in [5.41, 5.74) is 4.66. The molecule has 1 heterocycles. The molecule has 1 unspecified atom stereocenters. The maximum absolute atomic E-state index is 10.5. The molecule has 0 saturated heterocycles. The van der Waals surface area contributed by atoms with Crippen LogP contribution in [-0.2, 0) is 4.79 Å². The van der Waals surface area contributed by atoms with Crippen LogP contribution in [0.25, 0.3) is 0 Å². The van der Waals surface area contributed by atoms with E-state index >= 15 is 0 Å². The first-order valence-corrected chi connectivity index (χ1v) is 4.71. The summed E-state index contributed by atoms with van der Waals surface area (Å²) in [5.74, 6) is 0. The Morgan fingerprint density at radius 3 is 2.71 bits per heavy atom. The molecule has 0 spiro atoms. The van der Waals surface area contributed by atoms with Crippen molar-refractivity contribution in [3.8, 4) is 0 Å². The lowest BCUT2D eigenvalue weighted by Crippen LogP contribution is -2.20. The minimum absolute atomic E-state index is 0.180. The lowest BCUT2D eigenvalue weighted by Gasteiger charge is -1.99. The van der Waals surface area contributed by atoms with Crippen LogP contribution in [0.15, 0.2) is 29.4 Å². The lowest BCUT2D eigenvalue weighted by molar-refractivity contribution is -0.109. The summed E-state index contributed by atoms with van der Waals surface area (Å²) in [6.45, 7) is 0. The van der Waals surface area contributed by atoms with Crippen LogP contribution in [0.5, 0.6) is 0 Å². The van der Waals surface area contributed by atoms with Crippen LogP contribution in [0.4, 0.5) is 0 Å². The van der Waals surface area contributed by atoms with E-state index in [1.54, 1.807) is 0 Å². The Kier molecular flexibility index (Phi) is 2.50. The Morgan fingerprint density at radius 1 is 1.43 bits per heavy atom. The molecule has 1 aliphatic rings. The Labute approximate surface area is 86.8 Å². The monoisotopic (exact) mass is 208 g/mol. The van der Waals surface area contributed by atoms with Gasteiger partial charge in [-0.1, -0.05) is 23.7 Å². The highest BCUT2D eigenvalue weighted by molar-refractivity contribution is 6.30. The molecule has 0 bridgehead atoms. The van der Waals surface area contributed by atoms with Gasteiger partial charge >= 0.3 is 0 Å². The Morgan fingerprint density at radius 2 is 2.14 bits per heavy atom. The van der Waals surface area contributed by atoms with Crippen molar-refractivity contribution in [2.24, 2.45) is 5.10 Å². The smallest absolute Gasteiger partial charge is 0.144 e. The molecule has 0 saturated carbocycles. The van der Waals surface area contributed by atoms with E-state index in [1.165, 1.54) is 0 Å². The van der Waals surface area contributed by atoms with Crippen molar-refractivity contribution in [2.75, 3.05) is 0 Å². The fourth-order valence-electron chi connectivity index (χ4n) is 1.36. The minimum atomic E-state index is -0.180. The number of halogens is 1. The maximum Gasteiger partial charge on any atom is 0.144 e. The van der Waals surface area contributed by atoms with Gasteiger partial charge in [-0.15, -0.1) is 0 Å². The van der Waals surface area contributed by atoms with Gasteiger partial charge in [0, 0.05) is 11.4 Å². The maximum atomic E-state index is 10.5. The van der Waals surface area contributed by atoms with Crippen LogP contribution in [0, 0.1) is 0 Å². The van der Waals surface area contributed by atoms with Gasteiger partial charge in [0.25, 0.3) is 0 Å². The molecule has 4 heteroatoms. The second-order valence-electron chi connectivity index (χ2n) is 3.14. The van der Waals surface area contributed by atoms with E-state index in [4.69, 9.17) is 11.6 Å². The Balaban J connectivity index is 2.17. The number of nitrogens with zero attached hydrogens (tertiary/aromatic N) is 1. The standard InChI is InChI=1S/C10H9ClN2O/c11-8-3-1-7(2-4-8)10-5-9(6-14)12-13-10/h1-4,6,9,12H,5H2. The molecular formula is C10H9ClN2O. The normalized spacial score (nSPS) is 20.1. The van der Waals surface area contributed by atoms with Crippen LogP contribution in [0.2, 0.25) is 5.02 Å². The molecule has 1 atom stereocenters. The summed E-state index contributed by atoms with van der Waals surface area (Å²) in [4.78, 5) is 10.5. The number of carbonyl (C=O) groups excluding carboxylic acids is 1. The zero-order valence-corrected chi connectivity index (χ0v) is 8.16. The molecule has 1 N–H and O–H groups in total. The first-order chi connectivity index (χ1) is 6.79. The molecule has 1 aromatic carbocycles. The lowest BCUT2D eigenvalue weighted by atomic mass is 10.1. The van der Waals surface area contributed by atoms with Crippen LogP contribution in [0.3, 0.4) is 0 Å². The fraction of sp³-hybridized carbons (Fsp3) is 0.200. The molecule has 1 aromatic rings. The summed E-state index contributed by atoms with van der Waals surface area (Å²) < 4.78 is 0. The van der Waals surface area contributed by atoms with E-state index < -0.39 is 0 Å². The van der Waals surface area contributed by atoms with Gasteiger partial charge in [0.1, 0.15) is 12.3 Å². The van der Waals surface area contributed by atoms with Crippen molar-refractivity contribution < 1.29 is 4.79 Å². The molecule has 0 radical (unpaired) electrons. The molecule has 72 valence electrons. The van der Waals surface area contributed by atoms with E-state index in [0.29, 0.717) is 11.4 Å². The van der Waals surface area contributed by atoms with Gasteiger partial charge in [-0.3, -0.25) is 5.43 Å². The fourth-order valence-corrected chi connectivity index (χ4v) is 1.49. The second-order valence-corrected chi connectivity index (χ2v) is 3.58. The Hall–Kier alpha value is -1.35. The third kappa shape index (κ3) is 1.77. The van der Waals surface area contributed by atoms with Crippen molar-refractivity contribution in [3.05, 3.63) is 34.9 Å². The molecule has 14 heavy (non-hydrogen) atoms. The number of aldehydes is 1. The summed E-state index contributed by atoms with van der Waals surface area (Å²) >= 11 is 5.76. The summed E-state index contributed by atoms with van der Waals surface area (Å²) in [6, 6.07) is 7.24. The number of carbonyl (C=O) groups is 1. The number of hydrazone groups is 1. The Bertz CT molecular complexity index is 372.